The molecule has 0 amide bonds. The number of epoxide rings is 1. The molecule has 9 heavy (non-hydrogen) atoms. The maximum Gasteiger partial charge on any atom is 0.320 e. The molecule has 1 unspecified atom stereocenters. The van der Waals surface area contributed by atoms with Crippen LogP contribution >= 0.6 is 11.6 Å². The third-order valence-corrected chi connectivity index (χ3v) is 1.16. The van der Waals surface area contributed by atoms with Gasteiger partial charge in [-0.25, -0.2) is 0 Å². The number of alkyl halides is 1. The summed E-state index contributed by atoms with van der Waals surface area (Å²) in [6, 6.07) is 0. The molecule has 3 nitrogen and oxygen atoms in total. The molecule has 0 aromatic carbocycles. The highest BCUT2D eigenvalue weighted by Gasteiger charge is 2.23. The van der Waals surface area contributed by atoms with Crippen molar-refractivity contribution in [1.82, 2.24) is 0 Å². The molecule has 0 aromatic heterocycles. The number of carbonyl (C=O) groups is 1. The molecule has 0 saturated carbocycles. The molecular weight excluding hydrogens is 144 g/mol. The predicted molar refractivity (Wildman–Crippen MR) is 31.4 cm³/mol. The highest BCUT2D eigenvalue weighted by molar-refractivity contribution is 6.26. The molecule has 0 spiro atoms. The smallest absolute Gasteiger partial charge is 0.320 e. The Kier molecular flexibility index (Phi) is 2.30. The SMILES string of the molecule is O=C(CCl)OCC1CO1. The van der Waals surface area contributed by atoms with Crippen LogP contribution < -0.4 is 0 Å². The first kappa shape index (κ1) is 6.83. The van der Waals surface area contributed by atoms with E-state index in [1.807, 2.05) is 0 Å². The summed E-state index contributed by atoms with van der Waals surface area (Å²) in [5.74, 6) is -0.459. The number of carbonyl (C=O) groups excluding carboxylic acids is 1. The van der Waals surface area contributed by atoms with E-state index in [9.17, 15) is 4.79 Å². The van der Waals surface area contributed by atoms with Crippen molar-refractivity contribution < 1.29 is 14.3 Å². The number of rotatable bonds is 3. The third-order valence-electron chi connectivity index (χ3n) is 0.942. The van der Waals surface area contributed by atoms with Gasteiger partial charge in [-0.1, -0.05) is 0 Å². The zero-order valence-electron chi connectivity index (χ0n) is 4.80. The van der Waals surface area contributed by atoms with E-state index in [0.29, 0.717) is 13.2 Å². The maximum atomic E-state index is 10.3. The third kappa shape index (κ3) is 2.67. The quantitative estimate of drug-likeness (QED) is 0.327. The molecule has 0 radical (unpaired) electrons. The van der Waals surface area contributed by atoms with Crippen molar-refractivity contribution in [3.8, 4) is 0 Å². The highest BCUT2D eigenvalue weighted by atomic mass is 35.5. The van der Waals surface area contributed by atoms with E-state index >= 15 is 0 Å². The summed E-state index contributed by atoms with van der Waals surface area (Å²) in [6.45, 7) is 1.06. The van der Waals surface area contributed by atoms with Crippen LogP contribution in [0.2, 0.25) is 0 Å². The van der Waals surface area contributed by atoms with Gasteiger partial charge < -0.3 is 9.47 Å². The van der Waals surface area contributed by atoms with Crippen molar-refractivity contribution >= 4 is 17.6 Å². The summed E-state index contributed by atoms with van der Waals surface area (Å²) in [7, 11) is 0. The normalized spacial score (nSPS) is 23.4. The lowest BCUT2D eigenvalue weighted by molar-refractivity contribution is -0.141. The van der Waals surface area contributed by atoms with Crippen LogP contribution in [0.5, 0.6) is 0 Å². The van der Waals surface area contributed by atoms with Gasteiger partial charge in [0.25, 0.3) is 0 Å². The average Bonchev–Trinajstić information content (AvgIpc) is 2.65. The maximum absolute atomic E-state index is 10.3. The van der Waals surface area contributed by atoms with Crippen LogP contribution in [-0.2, 0) is 14.3 Å². The molecule has 0 N–H and O–H groups in total. The molecule has 1 saturated heterocycles. The second-order valence-corrected chi connectivity index (χ2v) is 2.04. The van der Waals surface area contributed by atoms with Crippen molar-refractivity contribution in [2.45, 2.75) is 6.10 Å². The Morgan fingerprint density at radius 1 is 1.89 bits per heavy atom. The number of hydrogen-bond donors (Lipinski definition) is 0. The Morgan fingerprint density at radius 2 is 2.56 bits per heavy atom. The minimum atomic E-state index is -0.382. The van der Waals surface area contributed by atoms with Crippen LogP contribution in [0.4, 0.5) is 0 Å². The zero-order valence-corrected chi connectivity index (χ0v) is 5.56. The van der Waals surface area contributed by atoms with Gasteiger partial charge in [-0.15, -0.1) is 11.6 Å². The standard InChI is InChI=1S/C5H7ClO3/c6-1-5(7)9-3-4-2-8-4/h4H,1-3H2. The van der Waals surface area contributed by atoms with Gasteiger partial charge in [0.05, 0.1) is 6.61 Å². The average molecular weight is 151 g/mol. The Bertz CT molecular complexity index is 111. The van der Waals surface area contributed by atoms with Crippen LogP contribution in [0.25, 0.3) is 0 Å². The van der Waals surface area contributed by atoms with Crippen molar-refractivity contribution in [1.29, 1.82) is 0 Å². The van der Waals surface area contributed by atoms with Crippen LogP contribution in [-0.4, -0.2) is 31.2 Å². The molecule has 1 aliphatic heterocycles. The van der Waals surface area contributed by atoms with Crippen LogP contribution in [0.3, 0.4) is 0 Å². The summed E-state index contributed by atoms with van der Waals surface area (Å²) in [5.41, 5.74) is 0. The lowest BCUT2D eigenvalue weighted by atomic mass is 10.5. The van der Waals surface area contributed by atoms with Crippen molar-refractivity contribution in [3.05, 3.63) is 0 Å². The van der Waals surface area contributed by atoms with E-state index in [2.05, 4.69) is 4.74 Å². The fraction of sp³-hybridized carbons (Fsp3) is 0.800. The van der Waals surface area contributed by atoms with Gasteiger partial charge in [-0.2, -0.15) is 0 Å². The van der Waals surface area contributed by atoms with E-state index in [1.54, 1.807) is 0 Å². The van der Waals surface area contributed by atoms with E-state index in [1.165, 1.54) is 0 Å². The topological polar surface area (TPSA) is 38.8 Å². The minimum Gasteiger partial charge on any atom is -0.462 e. The van der Waals surface area contributed by atoms with Crippen LogP contribution in [0.15, 0.2) is 0 Å². The number of halogens is 1. The lowest BCUT2D eigenvalue weighted by Crippen LogP contribution is -2.10. The second kappa shape index (κ2) is 3.03. The molecule has 1 atom stereocenters. The van der Waals surface area contributed by atoms with Crippen LogP contribution in [0.1, 0.15) is 0 Å². The minimum absolute atomic E-state index is 0.0767. The van der Waals surface area contributed by atoms with E-state index in [-0.39, 0.29) is 18.0 Å². The second-order valence-electron chi connectivity index (χ2n) is 1.77. The Labute approximate surface area is 57.9 Å². The van der Waals surface area contributed by atoms with Crippen molar-refractivity contribution in [3.63, 3.8) is 0 Å². The van der Waals surface area contributed by atoms with Crippen molar-refractivity contribution in [2.75, 3.05) is 19.1 Å². The summed E-state index contributed by atoms with van der Waals surface area (Å²) in [6.07, 6.45) is 0.136. The molecule has 1 fully saturated rings. The molecule has 52 valence electrons. The largest absolute Gasteiger partial charge is 0.462 e. The van der Waals surface area contributed by atoms with Gasteiger partial charge in [0.15, 0.2) is 0 Å². The Hall–Kier alpha value is -0.280. The van der Waals surface area contributed by atoms with E-state index in [4.69, 9.17) is 16.3 Å². The summed E-state index contributed by atoms with van der Waals surface area (Å²) in [4.78, 5) is 10.3. The molecule has 0 bridgehead atoms. The van der Waals surface area contributed by atoms with E-state index < -0.39 is 0 Å². The number of esters is 1. The van der Waals surface area contributed by atoms with Crippen LogP contribution in [0, 0.1) is 0 Å². The summed E-state index contributed by atoms with van der Waals surface area (Å²) in [5, 5.41) is 0. The fourth-order valence-electron chi connectivity index (χ4n) is 0.389. The zero-order chi connectivity index (χ0) is 6.69. The van der Waals surface area contributed by atoms with Crippen molar-refractivity contribution in [2.24, 2.45) is 0 Å². The predicted octanol–water partition coefficient (Wildman–Crippen LogP) is 0.167. The van der Waals surface area contributed by atoms with E-state index in [0.717, 1.165) is 0 Å². The van der Waals surface area contributed by atoms with Gasteiger partial charge in [0, 0.05) is 0 Å². The number of ether oxygens (including phenoxy) is 2. The van der Waals surface area contributed by atoms with Gasteiger partial charge in [-0.05, 0) is 0 Å². The molecule has 1 rings (SSSR count). The first-order valence-electron chi connectivity index (χ1n) is 2.66. The van der Waals surface area contributed by atoms with Gasteiger partial charge in [0.2, 0.25) is 0 Å². The first-order chi connectivity index (χ1) is 4.33. The first-order valence-corrected chi connectivity index (χ1v) is 3.19. The fourth-order valence-corrected chi connectivity index (χ4v) is 0.466. The van der Waals surface area contributed by atoms with Gasteiger partial charge in [0.1, 0.15) is 18.6 Å². The monoisotopic (exact) mass is 150 g/mol. The molecule has 1 heterocycles. The molecule has 0 aromatic rings. The molecule has 1 aliphatic rings. The molecule has 0 aliphatic carbocycles. The van der Waals surface area contributed by atoms with Gasteiger partial charge in [-0.3, -0.25) is 4.79 Å². The molecule has 4 heteroatoms. The lowest BCUT2D eigenvalue weighted by Gasteiger charge is -1.96. The number of hydrogen-bond acceptors (Lipinski definition) is 3. The Morgan fingerprint density at radius 3 is 3.00 bits per heavy atom. The van der Waals surface area contributed by atoms with Gasteiger partial charge >= 0.3 is 5.97 Å². The summed E-state index contributed by atoms with van der Waals surface area (Å²) < 4.78 is 9.40. The summed E-state index contributed by atoms with van der Waals surface area (Å²) >= 11 is 5.14. The highest BCUT2D eigenvalue weighted by Crippen LogP contribution is 2.08. The molecular formula is C5H7ClO3. The Balaban J connectivity index is 1.96.